The van der Waals surface area contributed by atoms with Crippen LogP contribution >= 0.6 is 11.6 Å². The Morgan fingerprint density at radius 3 is 2.21 bits per heavy atom. The van der Waals surface area contributed by atoms with E-state index in [4.69, 9.17) is 22.1 Å². The minimum absolute atomic E-state index is 0.0385. The zero-order valence-electron chi connectivity index (χ0n) is 20.5. The third-order valence-corrected chi connectivity index (χ3v) is 5.41. The summed E-state index contributed by atoms with van der Waals surface area (Å²) in [5.41, 5.74) is 9.65. The zero-order chi connectivity index (χ0) is 24.6. The normalized spacial score (nSPS) is 12.9. The number of ether oxygens (including phenoxy) is 1. The Morgan fingerprint density at radius 2 is 1.67 bits per heavy atom. The van der Waals surface area contributed by atoms with Crippen molar-refractivity contribution >= 4 is 28.2 Å². The van der Waals surface area contributed by atoms with Gasteiger partial charge in [-0.3, -0.25) is 4.79 Å². The maximum atomic E-state index is 12.8. The van der Waals surface area contributed by atoms with Crippen LogP contribution in [0.1, 0.15) is 64.3 Å². The summed E-state index contributed by atoms with van der Waals surface area (Å²) in [5.74, 6) is 6.26. The number of ketones is 1. The van der Waals surface area contributed by atoms with Crippen molar-refractivity contribution in [1.29, 1.82) is 0 Å². The molecule has 3 aromatic rings. The molecule has 0 saturated carbocycles. The first-order valence-electron chi connectivity index (χ1n) is 11.1. The maximum absolute atomic E-state index is 12.8. The van der Waals surface area contributed by atoms with Gasteiger partial charge in [-0.05, 0) is 106 Å². The maximum Gasteiger partial charge on any atom is 0.163 e. The number of halogens is 1. The molecule has 3 rings (SSSR count). The molecule has 1 atom stereocenters. The number of hydrogen-bond acceptors (Lipinski definition) is 3. The Kier molecular flexibility index (Phi) is 7.05. The van der Waals surface area contributed by atoms with Gasteiger partial charge in [0.25, 0.3) is 0 Å². The lowest BCUT2D eigenvalue weighted by molar-refractivity contribution is -0.138. The van der Waals surface area contributed by atoms with Crippen LogP contribution in [0.15, 0.2) is 48.5 Å². The van der Waals surface area contributed by atoms with Crippen LogP contribution in [-0.2, 0) is 9.53 Å². The van der Waals surface area contributed by atoms with Gasteiger partial charge in [-0.1, -0.05) is 47.7 Å². The van der Waals surface area contributed by atoms with E-state index in [0.29, 0.717) is 5.02 Å². The summed E-state index contributed by atoms with van der Waals surface area (Å²) < 4.78 is 6.30. The largest absolute Gasteiger partial charge is 0.360 e. The van der Waals surface area contributed by atoms with Crippen molar-refractivity contribution < 1.29 is 9.53 Å². The fourth-order valence-electron chi connectivity index (χ4n) is 3.83. The Morgan fingerprint density at radius 1 is 1.03 bits per heavy atom. The van der Waals surface area contributed by atoms with Crippen molar-refractivity contribution in [3.63, 3.8) is 0 Å². The van der Waals surface area contributed by atoms with Crippen LogP contribution in [0.2, 0.25) is 5.02 Å². The Hall–Kier alpha value is -2.64. The molecule has 3 nitrogen and oxygen atoms in total. The highest BCUT2D eigenvalue weighted by Gasteiger charge is 2.29. The molecule has 0 aromatic heterocycles. The second kappa shape index (κ2) is 9.31. The molecule has 2 N–H and O–H groups in total. The molecule has 4 heteroatoms. The van der Waals surface area contributed by atoms with E-state index in [1.807, 2.05) is 71.9 Å². The number of hydrogen-bond donors (Lipinski definition) is 1. The standard InChI is InChI=1S/C29H32ClNO2/c1-18-16-22-9-8-20(14-15-29(6,7)31)17-24(22)26(21-10-12-23(30)13-11-21)25(18)27(19(2)32)33-28(3,4)5/h8-13,16-17,27H,31H2,1-7H3/t27-/m1/s1. The van der Waals surface area contributed by atoms with Gasteiger partial charge >= 0.3 is 0 Å². The van der Waals surface area contributed by atoms with Crippen LogP contribution in [0.25, 0.3) is 21.9 Å². The van der Waals surface area contributed by atoms with Crippen LogP contribution in [-0.4, -0.2) is 16.9 Å². The summed E-state index contributed by atoms with van der Waals surface area (Å²) in [6.45, 7) is 13.3. The van der Waals surface area contributed by atoms with E-state index in [9.17, 15) is 4.79 Å². The highest BCUT2D eigenvalue weighted by molar-refractivity contribution is 6.30. The van der Waals surface area contributed by atoms with Gasteiger partial charge in [-0.2, -0.15) is 0 Å². The summed E-state index contributed by atoms with van der Waals surface area (Å²) in [5, 5.41) is 2.73. The average Bonchev–Trinajstić information content (AvgIpc) is 2.69. The van der Waals surface area contributed by atoms with Gasteiger partial charge in [0, 0.05) is 10.6 Å². The summed E-state index contributed by atoms with van der Waals surface area (Å²) in [7, 11) is 0. The predicted molar refractivity (Wildman–Crippen MR) is 139 cm³/mol. The molecule has 0 amide bonds. The molecular weight excluding hydrogens is 430 g/mol. The first kappa shape index (κ1) is 25.0. The van der Waals surface area contributed by atoms with Crippen LogP contribution < -0.4 is 5.73 Å². The first-order chi connectivity index (χ1) is 15.2. The fourth-order valence-corrected chi connectivity index (χ4v) is 3.95. The van der Waals surface area contributed by atoms with Crippen molar-refractivity contribution in [2.75, 3.05) is 0 Å². The molecule has 0 bridgehead atoms. The number of benzene rings is 3. The molecule has 3 aromatic carbocycles. The molecular formula is C29H32ClNO2. The fraction of sp³-hybridized carbons (Fsp3) is 0.345. The van der Waals surface area contributed by atoms with E-state index in [-0.39, 0.29) is 5.78 Å². The van der Waals surface area contributed by atoms with Crippen molar-refractivity contribution in [2.24, 2.45) is 5.73 Å². The van der Waals surface area contributed by atoms with Gasteiger partial charge < -0.3 is 10.5 Å². The average molecular weight is 462 g/mol. The number of rotatable bonds is 4. The van der Waals surface area contributed by atoms with E-state index in [0.717, 1.165) is 38.6 Å². The number of aryl methyl sites for hydroxylation is 1. The second-order valence-corrected chi connectivity index (χ2v) is 10.6. The Balaban J connectivity index is 2.40. The van der Waals surface area contributed by atoms with Crippen molar-refractivity contribution in [2.45, 2.75) is 65.7 Å². The SMILES string of the molecule is CC(=O)[C@@H](OC(C)(C)C)c1c(C)cc2ccc(C#CC(C)(C)N)cc2c1-c1ccc(Cl)cc1. The highest BCUT2D eigenvalue weighted by Crippen LogP contribution is 2.41. The van der Waals surface area contributed by atoms with Crippen LogP contribution in [0.4, 0.5) is 0 Å². The molecule has 0 aliphatic carbocycles. The summed E-state index contributed by atoms with van der Waals surface area (Å²) in [6.07, 6.45) is -0.696. The van der Waals surface area contributed by atoms with Crippen LogP contribution in [0.5, 0.6) is 0 Å². The summed E-state index contributed by atoms with van der Waals surface area (Å²) in [4.78, 5) is 12.8. The van der Waals surface area contributed by atoms with Crippen molar-refractivity contribution in [1.82, 2.24) is 0 Å². The molecule has 0 unspecified atom stereocenters. The van der Waals surface area contributed by atoms with E-state index < -0.39 is 17.2 Å². The van der Waals surface area contributed by atoms with Gasteiger partial charge in [0.2, 0.25) is 0 Å². The first-order valence-corrected chi connectivity index (χ1v) is 11.5. The van der Waals surface area contributed by atoms with Gasteiger partial charge in [0.1, 0.15) is 6.10 Å². The quantitative estimate of drug-likeness (QED) is 0.425. The van der Waals surface area contributed by atoms with Crippen molar-refractivity contribution in [3.8, 4) is 23.0 Å². The Bertz CT molecular complexity index is 1250. The minimum Gasteiger partial charge on any atom is -0.360 e. The molecule has 0 fully saturated rings. The third kappa shape index (κ3) is 6.24. The summed E-state index contributed by atoms with van der Waals surface area (Å²) >= 11 is 6.19. The van der Waals surface area contributed by atoms with Crippen molar-refractivity contribution in [3.05, 3.63) is 70.2 Å². The summed E-state index contributed by atoms with van der Waals surface area (Å²) in [6, 6.07) is 15.9. The van der Waals surface area contributed by atoms with Gasteiger partial charge in [-0.15, -0.1) is 0 Å². The second-order valence-electron chi connectivity index (χ2n) is 10.1. The Labute approximate surface area is 202 Å². The topological polar surface area (TPSA) is 52.3 Å². The molecule has 0 saturated heterocycles. The number of carbonyl (C=O) groups excluding carboxylic acids is 1. The third-order valence-electron chi connectivity index (χ3n) is 5.15. The molecule has 0 spiro atoms. The lowest BCUT2D eigenvalue weighted by Gasteiger charge is -2.29. The number of Topliss-reactive ketones (excluding diaryl/α,β-unsaturated/α-hetero) is 1. The molecule has 33 heavy (non-hydrogen) atoms. The van der Waals surface area contributed by atoms with Gasteiger partial charge in [0.15, 0.2) is 5.78 Å². The van der Waals surface area contributed by atoms with Gasteiger partial charge in [-0.25, -0.2) is 0 Å². The predicted octanol–water partition coefficient (Wildman–Crippen LogP) is 7.00. The molecule has 0 aliphatic heterocycles. The lowest BCUT2D eigenvalue weighted by atomic mass is 9.85. The van der Waals surface area contributed by atoms with E-state index in [1.165, 1.54) is 0 Å². The van der Waals surface area contributed by atoms with Crippen LogP contribution in [0.3, 0.4) is 0 Å². The molecule has 172 valence electrons. The number of nitrogens with two attached hydrogens (primary N) is 1. The number of carbonyl (C=O) groups is 1. The molecule has 0 radical (unpaired) electrons. The van der Waals surface area contributed by atoms with Gasteiger partial charge in [0.05, 0.1) is 11.1 Å². The zero-order valence-corrected chi connectivity index (χ0v) is 21.2. The monoisotopic (exact) mass is 461 g/mol. The van der Waals surface area contributed by atoms with E-state index >= 15 is 0 Å². The highest BCUT2D eigenvalue weighted by atomic mass is 35.5. The lowest BCUT2D eigenvalue weighted by Crippen LogP contribution is -2.29. The van der Waals surface area contributed by atoms with Crippen LogP contribution in [0, 0.1) is 18.8 Å². The minimum atomic E-state index is -0.696. The van der Waals surface area contributed by atoms with E-state index in [1.54, 1.807) is 6.92 Å². The van der Waals surface area contributed by atoms with E-state index in [2.05, 4.69) is 30.0 Å². The number of fused-ring (bicyclic) bond motifs is 1. The molecule has 0 aliphatic rings. The smallest absolute Gasteiger partial charge is 0.163 e. The molecule has 0 heterocycles.